The van der Waals surface area contributed by atoms with Gasteiger partial charge >= 0.3 is 0 Å². The summed E-state index contributed by atoms with van der Waals surface area (Å²) in [7, 11) is 0. The Kier molecular flexibility index (Phi) is 6.88. The number of halogens is 2. The van der Waals surface area contributed by atoms with Gasteiger partial charge in [-0.1, -0.05) is 56.9 Å². The van der Waals surface area contributed by atoms with Crippen LogP contribution in [0.5, 0.6) is 0 Å². The van der Waals surface area contributed by atoms with Crippen molar-refractivity contribution >= 4 is 0 Å². The molecule has 0 nitrogen and oxygen atoms in total. The molecule has 0 aromatic heterocycles. The van der Waals surface area contributed by atoms with E-state index in [0.29, 0.717) is 11.5 Å². The molecule has 2 heteroatoms. The van der Waals surface area contributed by atoms with Crippen molar-refractivity contribution in [1.82, 2.24) is 0 Å². The fourth-order valence-corrected chi connectivity index (χ4v) is 5.53. The van der Waals surface area contributed by atoms with Crippen molar-refractivity contribution in [3.05, 3.63) is 70.3 Å². The molecule has 0 spiro atoms. The minimum absolute atomic E-state index is 0.504. The molecule has 30 heavy (non-hydrogen) atoms. The van der Waals surface area contributed by atoms with Crippen LogP contribution in [0.4, 0.5) is 8.78 Å². The summed E-state index contributed by atoms with van der Waals surface area (Å²) >= 11 is 0. The molecule has 1 saturated carbocycles. The van der Waals surface area contributed by atoms with Crippen LogP contribution in [-0.4, -0.2) is 0 Å². The highest BCUT2D eigenvalue weighted by molar-refractivity contribution is 5.47. The summed E-state index contributed by atoms with van der Waals surface area (Å²) in [5.41, 5.74) is 4.44. The summed E-state index contributed by atoms with van der Waals surface area (Å²) in [4.78, 5) is 0. The number of rotatable bonds is 5. The van der Waals surface area contributed by atoms with E-state index in [1.54, 1.807) is 0 Å². The molecule has 0 amide bonds. The Morgan fingerprint density at radius 2 is 1.67 bits per heavy atom. The average molecular weight is 407 g/mol. The second kappa shape index (κ2) is 9.78. The lowest BCUT2D eigenvalue weighted by molar-refractivity contribution is 0.199. The molecule has 158 valence electrons. The molecule has 2 aliphatic carbocycles. The van der Waals surface area contributed by atoms with Crippen LogP contribution < -0.4 is 0 Å². The monoisotopic (exact) mass is 406 g/mol. The first kappa shape index (κ1) is 21.1. The Labute approximate surface area is 180 Å². The summed E-state index contributed by atoms with van der Waals surface area (Å²) in [6.07, 6.45) is 13.5. The van der Waals surface area contributed by atoms with Gasteiger partial charge in [-0.3, -0.25) is 0 Å². The SMILES string of the molecule is CCCCCC[C@@H]1CC[C@@H]2c3ccc(C#Cc4ccc(F)c(F)c4)cc3CC[C@@H]2C1. The predicted molar refractivity (Wildman–Crippen MR) is 119 cm³/mol. The lowest BCUT2D eigenvalue weighted by Crippen LogP contribution is -2.28. The summed E-state index contributed by atoms with van der Waals surface area (Å²) in [6.45, 7) is 2.28. The van der Waals surface area contributed by atoms with E-state index in [1.807, 2.05) is 0 Å². The van der Waals surface area contributed by atoms with Crippen LogP contribution in [0.2, 0.25) is 0 Å². The maximum atomic E-state index is 13.4. The van der Waals surface area contributed by atoms with Crippen LogP contribution in [0.1, 0.15) is 92.9 Å². The van der Waals surface area contributed by atoms with E-state index in [1.165, 1.54) is 75.0 Å². The number of hydrogen-bond donors (Lipinski definition) is 0. The molecular formula is C28H32F2. The molecule has 2 aromatic rings. The van der Waals surface area contributed by atoms with Crippen LogP contribution >= 0.6 is 0 Å². The van der Waals surface area contributed by atoms with Crippen LogP contribution in [0.3, 0.4) is 0 Å². The van der Waals surface area contributed by atoms with E-state index >= 15 is 0 Å². The fraction of sp³-hybridized carbons (Fsp3) is 0.500. The van der Waals surface area contributed by atoms with Crippen LogP contribution in [0.25, 0.3) is 0 Å². The van der Waals surface area contributed by atoms with E-state index in [-0.39, 0.29) is 0 Å². The molecule has 2 aliphatic rings. The van der Waals surface area contributed by atoms with Gasteiger partial charge in [0.25, 0.3) is 0 Å². The van der Waals surface area contributed by atoms with Gasteiger partial charge in [0.1, 0.15) is 0 Å². The normalized spacial score (nSPS) is 22.6. The number of fused-ring (bicyclic) bond motifs is 3. The smallest absolute Gasteiger partial charge is 0.160 e. The van der Waals surface area contributed by atoms with Crippen molar-refractivity contribution in [2.24, 2.45) is 11.8 Å². The third-order valence-electron chi connectivity index (χ3n) is 7.15. The standard InChI is InChI=1S/C28H32F2/c1-2-3-4-5-6-20-9-14-25-23(17-20)12-13-24-18-21(10-15-26(24)25)7-8-22-11-16-27(29)28(30)19-22/h10-11,15-16,18-20,23,25H,2-6,9,12-14,17H2,1H3/t20-,23-,25+/m1/s1. The van der Waals surface area contributed by atoms with Gasteiger partial charge in [0.2, 0.25) is 0 Å². The van der Waals surface area contributed by atoms with Crippen molar-refractivity contribution < 1.29 is 8.78 Å². The van der Waals surface area contributed by atoms with Gasteiger partial charge < -0.3 is 0 Å². The van der Waals surface area contributed by atoms with Crippen LogP contribution in [0.15, 0.2) is 36.4 Å². The molecule has 0 N–H and O–H groups in total. The molecule has 0 unspecified atom stereocenters. The highest BCUT2D eigenvalue weighted by Gasteiger charge is 2.34. The number of benzene rings is 2. The largest absolute Gasteiger partial charge is 0.204 e. The Morgan fingerprint density at radius 1 is 0.867 bits per heavy atom. The first-order valence-electron chi connectivity index (χ1n) is 11.7. The predicted octanol–water partition coefficient (Wildman–Crippen LogP) is 7.78. The molecule has 1 fully saturated rings. The third kappa shape index (κ3) is 4.94. The zero-order valence-electron chi connectivity index (χ0n) is 18.0. The van der Waals surface area contributed by atoms with Crippen molar-refractivity contribution in [2.75, 3.05) is 0 Å². The first-order chi connectivity index (χ1) is 14.6. The Morgan fingerprint density at radius 3 is 2.47 bits per heavy atom. The Hall–Kier alpha value is -2.14. The van der Waals surface area contributed by atoms with E-state index in [0.717, 1.165) is 36.0 Å². The fourth-order valence-electron chi connectivity index (χ4n) is 5.53. The quantitative estimate of drug-likeness (QED) is 0.351. The molecule has 2 aromatic carbocycles. The summed E-state index contributed by atoms with van der Waals surface area (Å²) in [5, 5.41) is 0. The first-order valence-corrected chi connectivity index (χ1v) is 11.7. The van der Waals surface area contributed by atoms with Gasteiger partial charge in [-0.2, -0.15) is 0 Å². The summed E-state index contributed by atoms with van der Waals surface area (Å²) in [6, 6.07) is 10.4. The Bertz CT molecular complexity index is 933. The minimum atomic E-state index is -0.848. The molecule has 0 bridgehead atoms. The van der Waals surface area contributed by atoms with Gasteiger partial charge in [-0.25, -0.2) is 8.78 Å². The Balaban J connectivity index is 1.41. The van der Waals surface area contributed by atoms with Gasteiger partial charge in [0, 0.05) is 11.1 Å². The molecular weight excluding hydrogens is 374 g/mol. The number of hydrogen-bond acceptors (Lipinski definition) is 0. The second-order valence-corrected chi connectivity index (χ2v) is 9.23. The van der Waals surface area contributed by atoms with E-state index in [4.69, 9.17) is 0 Å². The molecule has 0 heterocycles. The van der Waals surface area contributed by atoms with Gasteiger partial charge in [-0.05, 0) is 91.3 Å². The van der Waals surface area contributed by atoms with Gasteiger partial charge in [0.05, 0.1) is 0 Å². The zero-order chi connectivity index (χ0) is 20.9. The van der Waals surface area contributed by atoms with E-state index in [9.17, 15) is 8.78 Å². The lowest BCUT2D eigenvalue weighted by Gasteiger charge is -2.40. The minimum Gasteiger partial charge on any atom is -0.204 e. The maximum Gasteiger partial charge on any atom is 0.160 e. The van der Waals surface area contributed by atoms with Crippen molar-refractivity contribution in [1.29, 1.82) is 0 Å². The second-order valence-electron chi connectivity index (χ2n) is 9.23. The summed E-state index contributed by atoms with van der Waals surface area (Å²) in [5.74, 6) is 6.92. The molecule has 3 atom stereocenters. The van der Waals surface area contributed by atoms with Crippen molar-refractivity contribution in [2.45, 2.75) is 77.0 Å². The van der Waals surface area contributed by atoms with Crippen LogP contribution in [-0.2, 0) is 6.42 Å². The van der Waals surface area contributed by atoms with Crippen LogP contribution in [0, 0.1) is 35.3 Å². The summed E-state index contributed by atoms with van der Waals surface area (Å²) < 4.78 is 26.5. The third-order valence-corrected chi connectivity index (χ3v) is 7.15. The highest BCUT2D eigenvalue weighted by atomic mass is 19.2. The number of unbranched alkanes of at least 4 members (excludes halogenated alkanes) is 3. The van der Waals surface area contributed by atoms with Crippen molar-refractivity contribution in [3.63, 3.8) is 0 Å². The molecule has 0 aliphatic heterocycles. The lowest BCUT2D eigenvalue weighted by atomic mass is 9.64. The van der Waals surface area contributed by atoms with Gasteiger partial charge in [-0.15, -0.1) is 0 Å². The molecule has 0 radical (unpaired) electrons. The zero-order valence-corrected chi connectivity index (χ0v) is 18.0. The highest BCUT2D eigenvalue weighted by Crippen LogP contribution is 2.48. The van der Waals surface area contributed by atoms with E-state index < -0.39 is 11.6 Å². The number of aryl methyl sites for hydroxylation is 1. The van der Waals surface area contributed by atoms with E-state index in [2.05, 4.69) is 37.0 Å². The maximum absolute atomic E-state index is 13.4. The molecule has 0 saturated heterocycles. The topological polar surface area (TPSA) is 0 Å². The molecule has 4 rings (SSSR count). The van der Waals surface area contributed by atoms with Gasteiger partial charge in [0.15, 0.2) is 11.6 Å². The average Bonchev–Trinajstić information content (AvgIpc) is 2.77. The van der Waals surface area contributed by atoms with Crippen molar-refractivity contribution in [3.8, 4) is 11.8 Å².